The fourth-order valence-corrected chi connectivity index (χ4v) is 3.66. The summed E-state index contributed by atoms with van der Waals surface area (Å²) in [6.45, 7) is 5.47. The summed E-state index contributed by atoms with van der Waals surface area (Å²) in [7, 11) is -1.54. The molecule has 0 saturated carbocycles. The van der Waals surface area contributed by atoms with Crippen molar-refractivity contribution in [1.29, 1.82) is 0 Å². The predicted octanol–water partition coefficient (Wildman–Crippen LogP) is 0.526. The molecule has 124 valence electrons. The van der Waals surface area contributed by atoms with Crippen molar-refractivity contribution in [3.63, 3.8) is 0 Å². The van der Waals surface area contributed by atoms with Gasteiger partial charge in [-0.2, -0.15) is 0 Å². The van der Waals surface area contributed by atoms with Gasteiger partial charge in [-0.3, -0.25) is 0 Å². The van der Waals surface area contributed by atoms with Crippen LogP contribution >= 0.6 is 0 Å². The number of nitrogens with zero attached hydrogens (tertiary/aromatic N) is 1. The van der Waals surface area contributed by atoms with E-state index in [1.165, 1.54) is 4.31 Å². The molecular weight excluding hydrogens is 294 g/mol. The lowest BCUT2D eigenvalue weighted by Crippen LogP contribution is -2.58. The largest absolute Gasteiger partial charge is 0.385 e. The lowest BCUT2D eigenvalue weighted by molar-refractivity contribution is 0.122. The van der Waals surface area contributed by atoms with Gasteiger partial charge in [0.25, 0.3) is 0 Å². The van der Waals surface area contributed by atoms with Crippen LogP contribution in [0, 0.1) is 0 Å². The average Bonchev–Trinajstić information content (AvgIpc) is 2.46. The molecule has 0 aliphatic carbocycles. The summed E-state index contributed by atoms with van der Waals surface area (Å²) in [4.78, 5) is 11.8. The quantitative estimate of drug-likeness (QED) is 0.716. The van der Waals surface area contributed by atoms with Crippen molar-refractivity contribution in [1.82, 2.24) is 14.9 Å². The maximum Gasteiger partial charge on any atom is 0.315 e. The number of methoxy groups -OCH3 is 1. The standard InChI is InChI=1S/C13H27N3O4S/c1-4-14-12(17)15-13(8-11-20-3)6-9-16(10-7-13)21(18,19)5-2/h4-11H2,1-3H3,(H2,14,15,17). The van der Waals surface area contributed by atoms with E-state index in [1.54, 1.807) is 14.0 Å². The van der Waals surface area contributed by atoms with E-state index in [9.17, 15) is 13.2 Å². The van der Waals surface area contributed by atoms with Gasteiger partial charge in [-0.05, 0) is 33.1 Å². The summed E-state index contributed by atoms with van der Waals surface area (Å²) in [6, 6.07) is -0.208. The Morgan fingerprint density at radius 3 is 2.38 bits per heavy atom. The zero-order chi connectivity index (χ0) is 15.9. The molecule has 1 saturated heterocycles. The van der Waals surface area contributed by atoms with E-state index in [2.05, 4.69) is 10.6 Å². The monoisotopic (exact) mass is 321 g/mol. The number of sulfonamides is 1. The average molecular weight is 321 g/mol. The van der Waals surface area contributed by atoms with E-state index in [-0.39, 0.29) is 11.8 Å². The Hall–Kier alpha value is -0.860. The van der Waals surface area contributed by atoms with Crippen molar-refractivity contribution in [2.24, 2.45) is 0 Å². The minimum atomic E-state index is -3.16. The molecule has 2 amide bonds. The van der Waals surface area contributed by atoms with Crippen molar-refractivity contribution in [2.45, 2.75) is 38.6 Å². The molecule has 0 bridgehead atoms. The van der Waals surface area contributed by atoms with Crippen LogP contribution < -0.4 is 10.6 Å². The highest BCUT2D eigenvalue weighted by Gasteiger charge is 2.38. The number of urea groups is 1. The number of ether oxygens (including phenoxy) is 1. The molecule has 0 aromatic carbocycles. The molecule has 1 aliphatic rings. The van der Waals surface area contributed by atoms with E-state index in [4.69, 9.17) is 4.74 Å². The first-order valence-corrected chi connectivity index (χ1v) is 9.03. The van der Waals surface area contributed by atoms with Crippen LogP contribution in [0.15, 0.2) is 0 Å². The predicted molar refractivity (Wildman–Crippen MR) is 81.7 cm³/mol. The molecule has 8 heteroatoms. The summed E-state index contributed by atoms with van der Waals surface area (Å²) in [5, 5.41) is 5.73. The summed E-state index contributed by atoms with van der Waals surface area (Å²) in [5.74, 6) is 0.113. The molecule has 0 unspecified atom stereocenters. The molecule has 0 aromatic heterocycles. The second-order valence-corrected chi connectivity index (χ2v) is 7.56. The highest BCUT2D eigenvalue weighted by molar-refractivity contribution is 7.89. The lowest BCUT2D eigenvalue weighted by Gasteiger charge is -2.41. The normalized spacial score (nSPS) is 19.2. The van der Waals surface area contributed by atoms with Crippen molar-refractivity contribution in [3.8, 4) is 0 Å². The van der Waals surface area contributed by atoms with Gasteiger partial charge in [-0.25, -0.2) is 17.5 Å². The van der Waals surface area contributed by atoms with Crippen molar-refractivity contribution >= 4 is 16.1 Å². The maximum absolute atomic E-state index is 11.9. The first-order chi connectivity index (χ1) is 9.89. The summed E-state index contributed by atoms with van der Waals surface area (Å²) < 4.78 is 30.4. The molecule has 0 radical (unpaired) electrons. The molecule has 0 spiro atoms. The number of rotatable bonds is 7. The molecule has 1 aliphatic heterocycles. The van der Waals surface area contributed by atoms with E-state index in [0.29, 0.717) is 45.5 Å². The summed E-state index contributed by atoms with van der Waals surface area (Å²) in [6.07, 6.45) is 1.89. The molecule has 0 atom stereocenters. The third-order valence-corrected chi connectivity index (χ3v) is 5.82. The van der Waals surface area contributed by atoms with Gasteiger partial charge >= 0.3 is 6.03 Å². The first-order valence-electron chi connectivity index (χ1n) is 7.42. The molecule has 7 nitrogen and oxygen atoms in total. The van der Waals surface area contributed by atoms with Gasteiger partial charge in [0.05, 0.1) is 5.75 Å². The van der Waals surface area contributed by atoms with Crippen LogP contribution in [0.3, 0.4) is 0 Å². The van der Waals surface area contributed by atoms with Crippen molar-refractivity contribution in [2.75, 3.05) is 39.1 Å². The lowest BCUT2D eigenvalue weighted by atomic mass is 9.85. The summed E-state index contributed by atoms with van der Waals surface area (Å²) >= 11 is 0. The summed E-state index contributed by atoms with van der Waals surface area (Å²) in [5.41, 5.74) is -0.394. The zero-order valence-electron chi connectivity index (χ0n) is 13.1. The van der Waals surface area contributed by atoms with Crippen LogP contribution in [0.4, 0.5) is 4.79 Å². The van der Waals surface area contributed by atoms with Crippen molar-refractivity contribution in [3.05, 3.63) is 0 Å². The fraction of sp³-hybridized carbons (Fsp3) is 0.923. The topological polar surface area (TPSA) is 87.7 Å². The number of amides is 2. The number of piperidine rings is 1. The van der Waals surface area contributed by atoms with Crippen LogP contribution in [0.2, 0.25) is 0 Å². The third kappa shape index (κ3) is 5.12. The first kappa shape index (κ1) is 18.2. The Morgan fingerprint density at radius 2 is 1.90 bits per heavy atom. The highest BCUT2D eigenvalue weighted by Crippen LogP contribution is 2.27. The smallest absolute Gasteiger partial charge is 0.315 e. The van der Waals surface area contributed by atoms with E-state index in [1.807, 2.05) is 6.92 Å². The van der Waals surface area contributed by atoms with Crippen LogP contribution in [0.5, 0.6) is 0 Å². The Morgan fingerprint density at radius 1 is 1.29 bits per heavy atom. The Balaban J connectivity index is 2.72. The SMILES string of the molecule is CCNC(=O)NC1(CCOC)CCN(S(=O)(=O)CC)CC1. The fourth-order valence-electron chi connectivity index (χ4n) is 2.56. The number of carbonyl (C=O) groups is 1. The van der Waals surface area contributed by atoms with Gasteiger partial charge in [0, 0.05) is 38.9 Å². The number of hydrogen-bond donors (Lipinski definition) is 2. The van der Waals surface area contributed by atoms with Gasteiger partial charge in [0.2, 0.25) is 10.0 Å². The molecule has 1 heterocycles. The number of hydrogen-bond acceptors (Lipinski definition) is 4. The molecule has 21 heavy (non-hydrogen) atoms. The van der Waals surface area contributed by atoms with Crippen LogP contribution in [0.25, 0.3) is 0 Å². The second kappa shape index (κ2) is 7.95. The van der Waals surface area contributed by atoms with Crippen LogP contribution in [-0.4, -0.2) is 63.4 Å². The van der Waals surface area contributed by atoms with E-state index in [0.717, 1.165) is 0 Å². The van der Waals surface area contributed by atoms with E-state index >= 15 is 0 Å². The van der Waals surface area contributed by atoms with Gasteiger partial charge in [-0.1, -0.05) is 0 Å². The van der Waals surface area contributed by atoms with Gasteiger partial charge < -0.3 is 15.4 Å². The van der Waals surface area contributed by atoms with Gasteiger partial charge in [-0.15, -0.1) is 0 Å². The number of nitrogens with one attached hydrogen (secondary N) is 2. The third-order valence-electron chi connectivity index (χ3n) is 3.94. The number of carbonyl (C=O) groups excluding carboxylic acids is 1. The zero-order valence-corrected chi connectivity index (χ0v) is 14.0. The van der Waals surface area contributed by atoms with Crippen LogP contribution in [-0.2, 0) is 14.8 Å². The molecule has 0 aromatic rings. The minimum Gasteiger partial charge on any atom is -0.385 e. The van der Waals surface area contributed by atoms with Gasteiger partial charge in [0.1, 0.15) is 0 Å². The molecule has 1 fully saturated rings. The van der Waals surface area contributed by atoms with Gasteiger partial charge in [0.15, 0.2) is 0 Å². The second-order valence-electron chi connectivity index (χ2n) is 5.31. The molecule has 1 rings (SSSR count). The molecule has 2 N–H and O–H groups in total. The van der Waals surface area contributed by atoms with E-state index < -0.39 is 15.6 Å². The Bertz CT molecular complexity index is 431. The molecular formula is C13H27N3O4S. The minimum absolute atomic E-state index is 0.113. The Kier molecular flexibility index (Phi) is 6.89. The van der Waals surface area contributed by atoms with Crippen molar-refractivity contribution < 1.29 is 17.9 Å². The van der Waals surface area contributed by atoms with Crippen LogP contribution in [0.1, 0.15) is 33.1 Å². The maximum atomic E-state index is 11.9. The highest BCUT2D eigenvalue weighted by atomic mass is 32.2. The Labute approximate surface area is 127 Å².